The quantitative estimate of drug-likeness (QED) is 0.815. The Morgan fingerprint density at radius 2 is 1.92 bits per heavy atom. The van der Waals surface area contributed by atoms with E-state index in [0.29, 0.717) is 30.8 Å². The minimum Gasteiger partial charge on any atom is -0.351 e. The lowest BCUT2D eigenvalue weighted by Crippen LogP contribution is -2.39. The van der Waals surface area contributed by atoms with Crippen molar-refractivity contribution >= 4 is 23.2 Å². The number of hydrazone groups is 1. The molecule has 128 valence electrons. The summed E-state index contributed by atoms with van der Waals surface area (Å²) in [4.78, 5) is 24.4. The number of amides is 2. The molecule has 0 atom stereocenters. The molecule has 5 nitrogen and oxygen atoms in total. The molecule has 1 heterocycles. The predicted octanol–water partition coefficient (Wildman–Crippen LogP) is 3.26. The normalized spacial score (nSPS) is 18.6. The first-order valence-electron chi connectivity index (χ1n) is 8.98. The highest BCUT2D eigenvalue weighted by Gasteiger charge is 2.25. The van der Waals surface area contributed by atoms with E-state index in [1.54, 1.807) is 0 Å². The van der Waals surface area contributed by atoms with Crippen molar-refractivity contribution in [2.24, 2.45) is 11.0 Å². The largest absolute Gasteiger partial charge is 0.351 e. The number of anilines is 1. The van der Waals surface area contributed by atoms with Crippen LogP contribution in [0.4, 0.5) is 5.69 Å². The number of para-hydroxylation sites is 1. The third-order valence-electron chi connectivity index (χ3n) is 4.84. The van der Waals surface area contributed by atoms with Crippen molar-refractivity contribution in [1.82, 2.24) is 5.32 Å². The highest BCUT2D eigenvalue weighted by molar-refractivity contribution is 6.40. The monoisotopic (exact) mass is 327 g/mol. The Balaban J connectivity index is 1.52. The second-order valence-electron chi connectivity index (χ2n) is 6.64. The standard InChI is InChI=1S/C19H25N3O2/c23-18-13-12-17(21-22(18)16-10-2-1-3-11-16)19(24)20-14-6-9-15-7-4-5-8-15/h1-3,10-11,15H,4-9,12-14H2,(H,20,24). The first-order valence-corrected chi connectivity index (χ1v) is 8.98. The van der Waals surface area contributed by atoms with Gasteiger partial charge in [0.1, 0.15) is 5.71 Å². The number of benzene rings is 1. The Hall–Kier alpha value is -2.17. The van der Waals surface area contributed by atoms with Crippen LogP contribution < -0.4 is 10.3 Å². The molecule has 3 rings (SSSR count). The molecule has 2 amide bonds. The molecule has 1 fully saturated rings. The fourth-order valence-electron chi connectivity index (χ4n) is 3.48. The van der Waals surface area contributed by atoms with Gasteiger partial charge in [0.2, 0.25) is 5.91 Å². The van der Waals surface area contributed by atoms with Crippen LogP contribution in [-0.4, -0.2) is 24.1 Å². The predicted molar refractivity (Wildman–Crippen MR) is 94.8 cm³/mol. The number of carbonyl (C=O) groups excluding carboxylic acids is 2. The van der Waals surface area contributed by atoms with Crippen molar-refractivity contribution in [2.75, 3.05) is 11.6 Å². The summed E-state index contributed by atoms with van der Waals surface area (Å²) >= 11 is 0. The van der Waals surface area contributed by atoms with Gasteiger partial charge in [0.15, 0.2) is 0 Å². The summed E-state index contributed by atoms with van der Waals surface area (Å²) in [5.74, 6) is 0.633. The van der Waals surface area contributed by atoms with Crippen LogP contribution >= 0.6 is 0 Å². The lowest BCUT2D eigenvalue weighted by atomic mass is 10.0. The van der Waals surface area contributed by atoms with Gasteiger partial charge in [-0.05, 0) is 30.9 Å². The summed E-state index contributed by atoms with van der Waals surface area (Å²) in [5.41, 5.74) is 1.15. The number of hydrogen-bond donors (Lipinski definition) is 1. The van der Waals surface area contributed by atoms with Crippen molar-refractivity contribution < 1.29 is 9.59 Å². The molecule has 24 heavy (non-hydrogen) atoms. The molecule has 2 aliphatic rings. The van der Waals surface area contributed by atoms with Crippen molar-refractivity contribution in [3.8, 4) is 0 Å². The molecule has 0 aromatic heterocycles. The van der Waals surface area contributed by atoms with Crippen molar-refractivity contribution in [3.63, 3.8) is 0 Å². The molecular formula is C19H25N3O2. The van der Waals surface area contributed by atoms with Gasteiger partial charge in [0.05, 0.1) is 5.69 Å². The first kappa shape index (κ1) is 16.7. The van der Waals surface area contributed by atoms with Gasteiger partial charge < -0.3 is 5.32 Å². The zero-order valence-electron chi connectivity index (χ0n) is 14.0. The summed E-state index contributed by atoms with van der Waals surface area (Å²) < 4.78 is 0. The Bertz CT molecular complexity index is 606. The van der Waals surface area contributed by atoms with E-state index in [9.17, 15) is 9.59 Å². The van der Waals surface area contributed by atoms with Gasteiger partial charge in [0, 0.05) is 19.4 Å². The molecule has 0 unspecified atom stereocenters. The molecule has 5 heteroatoms. The molecule has 1 aliphatic heterocycles. The van der Waals surface area contributed by atoms with Crippen LogP contribution in [0.15, 0.2) is 35.4 Å². The van der Waals surface area contributed by atoms with Gasteiger partial charge in [-0.1, -0.05) is 43.9 Å². The number of rotatable bonds is 6. The fraction of sp³-hybridized carbons (Fsp3) is 0.526. The molecule has 0 saturated heterocycles. The lowest BCUT2D eigenvalue weighted by molar-refractivity contribution is -0.118. The summed E-state index contributed by atoms with van der Waals surface area (Å²) in [6, 6.07) is 9.25. The maximum Gasteiger partial charge on any atom is 0.267 e. The molecule has 1 saturated carbocycles. The molecule has 1 N–H and O–H groups in total. The van der Waals surface area contributed by atoms with Crippen LogP contribution in [0, 0.1) is 5.92 Å². The van der Waals surface area contributed by atoms with Crippen molar-refractivity contribution in [2.45, 2.75) is 51.4 Å². The molecule has 1 aromatic carbocycles. The number of nitrogens with one attached hydrogen (secondary N) is 1. The van der Waals surface area contributed by atoms with E-state index in [-0.39, 0.29) is 11.8 Å². The lowest BCUT2D eigenvalue weighted by Gasteiger charge is -2.23. The molecule has 0 bridgehead atoms. The zero-order valence-corrected chi connectivity index (χ0v) is 14.0. The van der Waals surface area contributed by atoms with E-state index >= 15 is 0 Å². The summed E-state index contributed by atoms with van der Waals surface area (Å²) in [6.45, 7) is 0.688. The van der Waals surface area contributed by atoms with Gasteiger partial charge in [-0.2, -0.15) is 5.10 Å². The van der Waals surface area contributed by atoms with Gasteiger partial charge in [-0.15, -0.1) is 0 Å². The van der Waals surface area contributed by atoms with E-state index in [1.807, 2.05) is 30.3 Å². The van der Waals surface area contributed by atoms with E-state index in [2.05, 4.69) is 10.4 Å². The Kier molecular flexibility index (Phi) is 5.62. The molecular weight excluding hydrogens is 302 g/mol. The van der Waals surface area contributed by atoms with Crippen LogP contribution in [0.3, 0.4) is 0 Å². The molecule has 0 radical (unpaired) electrons. The van der Waals surface area contributed by atoms with E-state index in [0.717, 1.165) is 12.3 Å². The Morgan fingerprint density at radius 1 is 1.17 bits per heavy atom. The van der Waals surface area contributed by atoms with Gasteiger partial charge in [0.25, 0.3) is 5.91 Å². The number of hydrogen-bond acceptors (Lipinski definition) is 3. The van der Waals surface area contributed by atoms with Crippen LogP contribution in [0.2, 0.25) is 0 Å². The second-order valence-corrected chi connectivity index (χ2v) is 6.64. The molecule has 1 aliphatic carbocycles. The van der Waals surface area contributed by atoms with E-state index in [1.165, 1.54) is 37.1 Å². The maximum atomic E-state index is 12.3. The number of carbonyl (C=O) groups is 2. The van der Waals surface area contributed by atoms with Gasteiger partial charge >= 0.3 is 0 Å². The summed E-state index contributed by atoms with van der Waals surface area (Å²) in [7, 11) is 0. The highest BCUT2D eigenvalue weighted by Crippen LogP contribution is 2.28. The fourth-order valence-corrected chi connectivity index (χ4v) is 3.48. The average molecular weight is 327 g/mol. The highest BCUT2D eigenvalue weighted by atomic mass is 16.2. The van der Waals surface area contributed by atoms with Crippen LogP contribution in [0.25, 0.3) is 0 Å². The topological polar surface area (TPSA) is 61.8 Å². The summed E-state index contributed by atoms with van der Waals surface area (Å²) in [6.07, 6.45) is 8.35. The van der Waals surface area contributed by atoms with Crippen molar-refractivity contribution in [3.05, 3.63) is 30.3 Å². The first-order chi connectivity index (χ1) is 11.7. The average Bonchev–Trinajstić information content (AvgIpc) is 3.13. The Labute approximate surface area is 143 Å². The van der Waals surface area contributed by atoms with Gasteiger partial charge in [-0.3, -0.25) is 9.59 Å². The van der Waals surface area contributed by atoms with Gasteiger partial charge in [-0.25, -0.2) is 5.01 Å². The van der Waals surface area contributed by atoms with Crippen molar-refractivity contribution in [1.29, 1.82) is 0 Å². The smallest absolute Gasteiger partial charge is 0.267 e. The van der Waals surface area contributed by atoms with E-state index in [4.69, 9.17) is 0 Å². The molecule has 1 aromatic rings. The summed E-state index contributed by atoms with van der Waals surface area (Å²) in [5, 5.41) is 8.58. The van der Waals surface area contributed by atoms with Crippen LogP contribution in [0.5, 0.6) is 0 Å². The second kappa shape index (κ2) is 8.08. The van der Waals surface area contributed by atoms with Crippen LogP contribution in [0.1, 0.15) is 51.4 Å². The third kappa shape index (κ3) is 4.22. The Morgan fingerprint density at radius 3 is 2.67 bits per heavy atom. The molecule has 0 spiro atoms. The minimum absolute atomic E-state index is 0.0704. The zero-order chi connectivity index (χ0) is 16.8. The third-order valence-corrected chi connectivity index (χ3v) is 4.84. The maximum absolute atomic E-state index is 12.3. The minimum atomic E-state index is -0.144. The SMILES string of the molecule is O=C(NCCCC1CCCC1)C1=NN(c2ccccc2)C(=O)CC1. The van der Waals surface area contributed by atoms with Crippen LogP contribution in [-0.2, 0) is 9.59 Å². The number of nitrogens with zero attached hydrogens (tertiary/aromatic N) is 2. The van der Waals surface area contributed by atoms with E-state index < -0.39 is 0 Å².